The molecule has 0 N–H and O–H groups in total. The Morgan fingerprint density at radius 3 is 2.25 bits per heavy atom. The second-order valence-electron chi connectivity index (χ2n) is 5.54. The molecule has 1 aliphatic carbocycles. The van der Waals surface area contributed by atoms with Gasteiger partial charge >= 0.3 is 0 Å². The Morgan fingerprint density at radius 1 is 1.10 bits per heavy atom. The Bertz CT molecular complexity index is 552. The van der Waals surface area contributed by atoms with E-state index in [0.717, 1.165) is 31.2 Å². The fraction of sp³-hybridized carbons (Fsp3) is 0.562. The van der Waals surface area contributed by atoms with Gasteiger partial charge in [-0.25, -0.2) is 8.42 Å². The summed E-state index contributed by atoms with van der Waals surface area (Å²) in [4.78, 5) is 12.1. The SMILES string of the molecule is CCc1ccc(C(=O)CS(=O)(=O)C2CCCCC2)cc1. The number of carbonyl (C=O) groups is 1. The van der Waals surface area contributed by atoms with E-state index in [2.05, 4.69) is 0 Å². The molecule has 1 aromatic rings. The maximum Gasteiger partial charge on any atom is 0.177 e. The number of rotatable bonds is 5. The topological polar surface area (TPSA) is 51.2 Å². The monoisotopic (exact) mass is 294 g/mol. The lowest BCUT2D eigenvalue weighted by Gasteiger charge is -2.21. The van der Waals surface area contributed by atoms with Crippen LogP contribution in [0.15, 0.2) is 24.3 Å². The van der Waals surface area contributed by atoms with E-state index in [9.17, 15) is 13.2 Å². The van der Waals surface area contributed by atoms with Crippen LogP contribution in [0.1, 0.15) is 54.9 Å². The van der Waals surface area contributed by atoms with Crippen molar-refractivity contribution in [2.75, 3.05) is 5.75 Å². The second kappa shape index (κ2) is 6.53. The standard InChI is InChI=1S/C16H22O3S/c1-2-13-8-10-14(11-9-13)16(17)12-20(18,19)15-6-4-3-5-7-15/h8-11,15H,2-7,12H2,1H3. The summed E-state index contributed by atoms with van der Waals surface area (Å²) in [6.45, 7) is 2.05. The minimum atomic E-state index is -3.30. The van der Waals surface area contributed by atoms with Gasteiger partial charge in [-0.15, -0.1) is 0 Å². The first-order chi connectivity index (χ1) is 9.53. The summed E-state index contributed by atoms with van der Waals surface area (Å²) < 4.78 is 24.5. The van der Waals surface area contributed by atoms with Gasteiger partial charge in [0.05, 0.1) is 5.25 Å². The highest BCUT2D eigenvalue weighted by Gasteiger charge is 2.29. The molecule has 2 rings (SSSR count). The molecule has 0 spiro atoms. The van der Waals surface area contributed by atoms with Gasteiger partial charge < -0.3 is 0 Å². The van der Waals surface area contributed by atoms with Gasteiger partial charge in [0.25, 0.3) is 0 Å². The third-order valence-corrected chi connectivity index (χ3v) is 6.23. The van der Waals surface area contributed by atoms with Crippen molar-refractivity contribution in [1.29, 1.82) is 0 Å². The first kappa shape index (κ1) is 15.2. The van der Waals surface area contributed by atoms with E-state index < -0.39 is 9.84 Å². The summed E-state index contributed by atoms with van der Waals surface area (Å²) in [7, 11) is -3.30. The van der Waals surface area contributed by atoms with Crippen molar-refractivity contribution in [2.45, 2.75) is 50.7 Å². The third kappa shape index (κ3) is 3.69. The maximum absolute atomic E-state index is 12.3. The molecule has 3 nitrogen and oxygen atoms in total. The Labute approximate surface area is 121 Å². The van der Waals surface area contributed by atoms with Crippen LogP contribution in [-0.4, -0.2) is 25.2 Å². The second-order valence-corrected chi connectivity index (χ2v) is 7.82. The van der Waals surface area contributed by atoms with Crippen LogP contribution in [0.3, 0.4) is 0 Å². The number of hydrogen-bond acceptors (Lipinski definition) is 3. The van der Waals surface area contributed by atoms with E-state index in [4.69, 9.17) is 0 Å². The highest BCUT2D eigenvalue weighted by Crippen LogP contribution is 2.24. The van der Waals surface area contributed by atoms with Crippen LogP contribution >= 0.6 is 0 Å². The molecule has 0 radical (unpaired) electrons. The van der Waals surface area contributed by atoms with Gasteiger partial charge in [0, 0.05) is 5.56 Å². The quantitative estimate of drug-likeness (QED) is 0.784. The van der Waals surface area contributed by atoms with Gasteiger partial charge in [0.2, 0.25) is 0 Å². The molecule has 0 unspecified atom stereocenters. The number of aryl methyl sites for hydroxylation is 1. The predicted octanol–water partition coefficient (Wildman–Crippen LogP) is 3.18. The van der Waals surface area contributed by atoms with Crippen molar-refractivity contribution in [1.82, 2.24) is 0 Å². The largest absolute Gasteiger partial charge is 0.293 e. The molecule has 0 amide bonds. The first-order valence-electron chi connectivity index (χ1n) is 7.36. The van der Waals surface area contributed by atoms with Crippen LogP contribution in [0.5, 0.6) is 0 Å². The molecule has 0 atom stereocenters. The van der Waals surface area contributed by atoms with E-state index in [0.29, 0.717) is 18.4 Å². The van der Waals surface area contributed by atoms with Gasteiger partial charge in [-0.2, -0.15) is 0 Å². The zero-order valence-electron chi connectivity index (χ0n) is 12.0. The zero-order valence-corrected chi connectivity index (χ0v) is 12.8. The number of carbonyl (C=O) groups excluding carboxylic acids is 1. The molecule has 0 aliphatic heterocycles. The number of Topliss-reactive ketones (excluding diaryl/α,β-unsaturated/α-hetero) is 1. The van der Waals surface area contributed by atoms with Crippen molar-refractivity contribution < 1.29 is 13.2 Å². The van der Waals surface area contributed by atoms with E-state index >= 15 is 0 Å². The lowest BCUT2D eigenvalue weighted by Crippen LogP contribution is -2.29. The van der Waals surface area contributed by atoms with Gasteiger partial charge in [0.1, 0.15) is 5.75 Å². The molecule has 1 fully saturated rings. The molecule has 1 aromatic carbocycles. The lowest BCUT2D eigenvalue weighted by molar-refractivity contribution is 0.102. The van der Waals surface area contributed by atoms with E-state index in [1.54, 1.807) is 12.1 Å². The maximum atomic E-state index is 12.3. The molecule has 20 heavy (non-hydrogen) atoms. The van der Waals surface area contributed by atoms with Crippen molar-refractivity contribution in [3.63, 3.8) is 0 Å². The van der Waals surface area contributed by atoms with Crippen LogP contribution in [-0.2, 0) is 16.3 Å². The highest BCUT2D eigenvalue weighted by molar-refractivity contribution is 7.92. The summed E-state index contributed by atoms with van der Waals surface area (Å²) in [5.74, 6) is -0.624. The predicted molar refractivity (Wildman–Crippen MR) is 80.8 cm³/mol. The van der Waals surface area contributed by atoms with Gasteiger partial charge in [-0.1, -0.05) is 50.5 Å². The molecule has 1 aliphatic rings. The van der Waals surface area contributed by atoms with E-state index in [-0.39, 0.29) is 16.8 Å². The van der Waals surface area contributed by atoms with Crippen LogP contribution < -0.4 is 0 Å². The Morgan fingerprint density at radius 2 is 1.70 bits per heavy atom. The minimum Gasteiger partial charge on any atom is -0.293 e. The van der Waals surface area contributed by atoms with Gasteiger partial charge in [-0.3, -0.25) is 4.79 Å². The number of ketones is 1. The summed E-state index contributed by atoms with van der Waals surface area (Å²) in [5.41, 5.74) is 1.65. The van der Waals surface area contributed by atoms with E-state index in [1.807, 2.05) is 19.1 Å². The van der Waals surface area contributed by atoms with Crippen LogP contribution in [0, 0.1) is 0 Å². The van der Waals surface area contributed by atoms with Crippen molar-refractivity contribution >= 4 is 15.6 Å². The molecule has 0 saturated heterocycles. The Kier molecular flexibility index (Phi) is 4.97. The van der Waals surface area contributed by atoms with Crippen LogP contribution in [0.25, 0.3) is 0 Å². The Hall–Kier alpha value is -1.16. The van der Waals surface area contributed by atoms with Crippen LogP contribution in [0.4, 0.5) is 0 Å². The molecule has 0 aromatic heterocycles. The van der Waals surface area contributed by atoms with Gasteiger partial charge in [0.15, 0.2) is 15.6 Å². The molecule has 110 valence electrons. The number of sulfone groups is 1. The minimum absolute atomic E-state index is 0.279. The fourth-order valence-corrected chi connectivity index (χ4v) is 4.55. The normalized spacial score (nSPS) is 17.1. The average Bonchev–Trinajstić information content (AvgIpc) is 2.48. The van der Waals surface area contributed by atoms with Crippen LogP contribution in [0.2, 0.25) is 0 Å². The summed E-state index contributed by atoms with van der Waals surface area (Å²) in [6.07, 6.45) is 5.37. The smallest absolute Gasteiger partial charge is 0.177 e. The summed E-state index contributed by atoms with van der Waals surface area (Å²) in [5, 5.41) is -0.310. The highest BCUT2D eigenvalue weighted by atomic mass is 32.2. The lowest BCUT2D eigenvalue weighted by atomic mass is 10.0. The third-order valence-electron chi connectivity index (χ3n) is 4.08. The van der Waals surface area contributed by atoms with Crippen molar-refractivity contribution in [3.05, 3.63) is 35.4 Å². The molecule has 0 bridgehead atoms. The summed E-state index contributed by atoms with van der Waals surface area (Å²) in [6, 6.07) is 7.25. The van der Waals surface area contributed by atoms with Gasteiger partial charge in [-0.05, 0) is 24.8 Å². The Balaban J connectivity index is 2.05. The molecule has 4 heteroatoms. The average molecular weight is 294 g/mol. The molecule has 1 saturated carbocycles. The number of hydrogen-bond donors (Lipinski definition) is 0. The fourth-order valence-electron chi connectivity index (χ4n) is 2.73. The van der Waals surface area contributed by atoms with Crippen molar-refractivity contribution in [3.8, 4) is 0 Å². The zero-order chi connectivity index (χ0) is 14.6. The number of benzene rings is 1. The first-order valence-corrected chi connectivity index (χ1v) is 9.08. The van der Waals surface area contributed by atoms with E-state index in [1.165, 1.54) is 0 Å². The van der Waals surface area contributed by atoms with Crippen molar-refractivity contribution in [2.24, 2.45) is 0 Å². The summed E-state index contributed by atoms with van der Waals surface area (Å²) >= 11 is 0. The molecule has 0 heterocycles. The molecular weight excluding hydrogens is 272 g/mol. The molecular formula is C16H22O3S.